The standard InChI is InChI=1S/C21H25N5O2S/c1-28-18-12-23-17(11-24-18)19(27)25-16-9-5-8-15(10-16)21(13-29-20(22)26-21)14-6-3-2-4-7-14/h5,8-12,14H,2-4,6-7,13H2,1H3,(H2,22,26)(H,25,27). The van der Waals surface area contributed by atoms with Gasteiger partial charge in [-0.05, 0) is 36.5 Å². The van der Waals surface area contributed by atoms with Crippen LogP contribution in [-0.4, -0.2) is 33.9 Å². The zero-order valence-electron chi connectivity index (χ0n) is 16.4. The van der Waals surface area contributed by atoms with E-state index in [9.17, 15) is 4.79 Å². The summed E-state index contributed by atoms with van der Waals surface area (Å²) in [5, 5.41) is 3.57. The topological polar surface area (TPSA) is 102 Å². The molecule has 1 amide bonds. The van der Waals surface area contributed by atoms with Gasteiger partial charge in [-0.2, -0.15) is 0 Å². The molecule has 0 saturated heterocycles. The number of rotatable bonds is 5. The van der Waals surface area contributed by atoms with Crippen molar-refractivity contribution in [2.45, 2.75) is 37.6 Å². The van der Waals surface area contributed by atoms with Gasteiger partial charge in [-0.3, -0.25) is 9.79 Å². The van der Waals surface area contributed by atoms with Crippen molar-refractivity contribution in [3.63, 3.8) is 0 Å². The van der Waals surface area contributed by atoms with Crippen LogP contribution in [0.4, 0.5) is 5.69 Å². The van der Waals surface area contributed by atoms with E-state index in [0.29, 0.717) is 22.7 Å². The van der Waals surface area contributed by atoms with Gasteiger partial charge in [-0.1, -0.05) is 43.2 Å². The molecule has 3 N–H and O–H groups in total. The van der Waals surface area contributed by atoms with E-state index in [-0.39, 0.29) is 17.1 Å². The first-order valence-corrected chi connectivity index (χ1v) is 10.9. The maximum absolute atomic E-state index is 12.6. The highest BCUT2D eigenvalue weighted by molar-refractivity contribution is 8.14. The summed E-state index contributed by atoms with van der Waals surface area (Å²) in [4.78, 5) is 25.6. The minimum Gasteiger partial charge on any atom is -0.480 e. The van der Waals surface area contributed by atoms with Crippen molar-refractivity contribution in [1.82, 2.24) is 9.97 Å². The number of benzene rings is 1. The van der Waals surface area contributed by atoms with Crippen LogP contribution in [0.1, 0.15) is 48.2 Å². The molecule has 0 radical (unpaired) electrons. The van der Waals surface area contributed by atoms with E-state index in [1.807, 2.05) is 18.2 Å². The Morgan fingerprint density at radius 3 is 2.72 bits per heavy atom. The van der Waals surface area contributed by atoms with E-state index in [0.717, 1.165) is 24.2 Å². The van der Waals surface area contributed by atoms with Gasteiger partial charge in [0.15, 0.2) is 5.17 Å². The molecule has 1 saturated carbocycles. The Balaban J connectivity index is 1.59. The fourth-order valence-electron chi connectivity index (χ4n) is 4.22. The van der Waals surface area contributed by atoms with E-state index in [2.05, 4.69) is 21.4 Å². The number of amidine groups is 1. The normalized spacial score (nSPS) is 22.2. The molecule has 1 atom stereocenters. The second kappa shape index (κ2) is 8.41. The zero-order chi connectivity index (χ0) is 20.3. The summed E-state index contributed by atoms with van der Waals surface area (Å²) < 4.78 is 4.99. The van der Waals surface area contributed by atoms with Gasteiger partial charge in [0.05, 0.1) is 19.5 Å². The lowest BCUT2D eigenvalue weighted by molar-refractivity contribution is 0.102. The average Bonchev–Trinajstić information content (AvgIpc) is 3.17. The van der Waals surface area contributed by atoms with Crippen molar-refractivity contribution < 1.29 is 9.53 Å². The molecular weight excluding hydrogens is 386 g/mol. The van der Waals surface area contributed by atoms with Gasteiger partial charge >= 0.3 is 0 Å². The number of thioether (sulfide) groups is 1. The number of aromatic nitrogens is 2. The SMILES string of the molecule is COc1cnc(C(=O)Nc2cccc(C3(C4CCCCC4)CSC(N)=N3)c2)cn1. The number of nitrogens with two attached hydrogens (primary N) is 1. The van der Waals surface area contributed by atoms with Gasteiger partial charge in [-0.25, -0.2) is 9.97 Å². The molecule has 1 aromatic carbocycles. The molecule has 2 heterocycles. The summed E-state index contributed by atoms with van der Waals surface area (Å²) in [6.45, 7) is 0. The van der Waals surface area contributed by atoms with Crippen LogP contribution in [0.2, 0.25) is 0 Å². The van der Waals surface area contributed by atoms with Crippen molar-refractivity contribution in [2.24, 2.45) is 16.6 Å². The van der Waals surface area contributed by atoms with Crippen LogP contribution in [-0.2, 0) is 5.54 Å². The first-order chi connectivity index (χ1) is 14.1. The number of hydrogen-bond donors (Lipinski definition) is 2. The molecule has 1 aliphatic heterocycles. The molecule has 1 aliphatic carbocycles. The highest BCUT2D eigenvalue weighted by atomic mass is 32.2. The quantitative estimate of drug-likeness (QED) is 0.780. The first kappa shape index (κ1) is 19.7. The Kier molecular flexibility index (Phi) is 5.71. The molecule has 29 heavy (non-hydrogen) atoms. The number of nitrogens with zero attached hydrogens (tertiary/aromatic N) is 3. The van der Waals surface area contributed by atoms with Gasteiger partial charge in [0.2, 0.25) is 5.88 Å². The first-order valence-electron chi connectivity index (χ1n) is 9.87. The van der Waals surface area contributed by atoms with E-state index in [1.54, 1.807) is 11.8 Å². The number of methoxy groups -OCH3 is 1. The summed E-state index contributed by atoms with van der Waals surface area (Å²) in [7, 11) is 1.51. The molecule has 1 aromatic heterocycles. The molecule has 2 aromatic rings. The Hall–Kier alpha value is -2.61. The number of amides is 1. The fraction of sp³-hybridized carbons (Fsp3) is 0.429. The molecule has 152 valence electrons. The van der Waals surface area contributed by atoms with Crippen LogP contribution in [0, 0.1) is 5.92 Å². The lowest BCUT2D eigenvalue weighted by atomic mass is 9.72. The third-order valence-electron chi connectivity index (χ3n) is 5.72. The Morgan fingerprint density at radius 1 is 1.24 bits per heavy atom. The lowest BCUT2D eigenvalue weighted by Crippen LogP contribution is -2.35. The molecule has 0 spiro atoms. The molecule has 0 bridgehead atoms. The largest absolute Gasteiger partial charge is 0.480 e. The highest BCUT2D eigenvalue weighted by Gasteiger charge is 2.44. The molecule has 1 fully saturated rings. The molecule has 8 heteroatoms. The van der Waals surface area contributed by atoms with E-state index in [1.165, 1.54) is 38.8 Å². The summed E-state index contributed by atoms with van der Waals surface area (Å²) >= 11 is 1.62. The minimum atomic E-state index is -0.312. The van der Waals surface area contributed by atoms with Crippen molar-refractivity contribution in [1.29, 1.82) is 0 Å². The number of carbonyl (C=O) groups excluding carboxylic acids is 1. The monoisotopic (exact) mass is 411 g/mol. The van der Waals surface area contributed by atoms with Crippen molar-refractivity contribution in [3.05, 3.63) is 47.9 Å². The van der Waals surface area contributed by atoms with Gasteiger partial charge in [0, 0.05) is 11.4 Å². The van der Waals surface area contributed by atoms with Gasteiger partial charge < -0.3 is 15.8 Å². The number of hydrogen-bond acceptors (Lipinski definition) is 7. The van der Waals surface area contributed by atoms with Crippen LogP contribution >= 0.6 is 11.8 Å². The zero-order valence-corrected chi connectivity index (χ0v) is 17.2. The second-order valence-corrected chi connectivity index (χ2v) is 8.47. The van der Waals surface area contributed by atoms with Crippen LogP contribution in [0.25, 0.3) is 0 Å². The van der Waals surface area contributed by atoms with Crippen LogP contribution < -0.4 is 15.8 Å². The fourth-order valence-corrected chi connectivity index (χ4v) is 5.28. The predicted octanol–water partition coefficient (Wildman–Crippen LogP) is 3.57. The van der Waals surface area contributed by atoms with Crippen LogP contribution in [0.5, 0.6) is 5.88 Å². The highest BCUT2D eigenvalue weighted by Crippen LogP contribution is 2.48. The summed E-state index contributed by atoms with van der Waals surface area (Å²) in [6, 6.07) is 7.96. The lowest BCUT2D eigenvalue weighted by Gasteiger charge is -2.37. The Bertz CT molecular complexity index is 912. The molecular formula is C21H25N5O2S. The second-order valence-electron chi connectivity index (χ2n) is 7.48. The third kappa shape index (κ3) is 4.07. The smallest absolute Gasteiger partial charge is 0.275 e. The number of aliphatic imine (C=N–C) groups is 1. The van der Waals surface area contributed by atoms with Crippen LogP contribution in [0.15, 0.2) is 41.7 Å². The number of nitrogens with one attached hydrogen (secondary N) is 1. The molecule has 4 rings (SSSR count). The minimum absolute atomic E-state index is 0.233. The van der Waals surface area contributed by atoms with E-state index in [4.69, 9.17) is 15.5 Å². The predicted molar refractivity (Wildman–Crippen MR) is 115 cm³/mol. The average molecular weight is 412 g/mol. The van der Waals surface area contributed by atoms with Gasteiger partial charge in [0.1, 0.15) is 11.2 Å². The van der Waals surface area contributed by atoms with E-state index < -0.39 is 0 Å². The Labute approximate surface area is 174 Å². The Morgan fingerprint density at radius 2 is 2.07 bits per heavy atom. The van der Waals surface area contributed by atoms with Gasteiger partial charge in [-0.15, -0.1) is 0 Å². The van der Waals surface area contributed by atoms with Crippen molar-refractivity contribution in [3.8, 4) is 5.88 Å². The van der Waals surface area contributed by atoms with Crippen molar-refractivity contribution in [2.75, 3.05) is 18.2 Å². The van der Waals surface area contributed by atoms with Gasteiger partial charge in [0.25, 0.3) is 5.91 Å². The van der Waals surface area contributed by atoms with Crippen LogP contribution in [0.3, 0.4) is 0 Å². The number of ether oxygens (including phenoxy) is 1. The third-order valence-corrected chi connectivity index (χ3v) is 6.69. The summed E-state index contributed by atoms with van der Waals surface area (Å²) in [5.74, 6) is 1.38. The maximum atomic E-state index is 12.6. The summed E-state index contributed by atoms with van der Waals surface area (Å²) in [5.41, 5.74) is 7.84. The molecule has 1 unspecified atom stereocenters. The maximum Gasteiger partial charge on any atom is 0.275 e. The van der Waals surface area contributed by atoms with Crippen molar-refractivity contribution >= 4 is 28.5 Å². The van der Waals surface area contributed by atoms with E-state index >= 15 is 0 Å². The summed E-state index contributed by atoms with van der Waals surface area (Å²) in [6.07, 6.45) is 8.91. The number of anilines is 1. The molecule has 2 aliphatic rings. The molecule has 7 nitrogen and oxygen atoms in total. The number of carbonyl (C=O) groups is 1.